The Morgan fingerprint density at radius 3 is 1.25 bits per heavy atom. The van der Waals surface area contributed by atoms with Crippen LogP contribution in [0.5, 0.6) is 23.0 Å². The molecule has 256 valence electrons. The summed E-state index contributed by atoms with van der Waals surface area (Å²) in [4.78, 5) is 23.6. The number of para-hydroxylation sites is 2. The average molecular weight is 663 g/mol. The first-order valence-corrected chi connectivity index (χ1v) is 14.4. The van der Waals surface area contributed by atoms with Crippen LogP contribution >= 0.6 is 0 Å². The van der Waals surface area contributed by atoms with E-state index in [4.69, 9.17) is 31.2 Å². The molecule has 0 aliphatic carbocycles. The van der Waals surface area contributed by atoms with Gasteiger partial charge in [0, 0.05) is 46.8 Å². The maximum atomic E-state index is 11.8. The number of nitrogen functional groups attached to an aromatic ring is 2. The number of rotatable bonds is 8. The van der Waals surface area contributed by atoms with Crippen LogP contribution < -0.4 is 31.8 Å². The van der Waals surface area contributed by atoms with Gasteiger partial charge in [0.05, 0.1) is 26.6 Å². The number of aromatic hydroxyl groups is 2. The molecular formula is C34H42N6O8. The molecule has 0 heterocycles. The first-order valence-electron chi connectivity index (χ1n) is 14.4. The highest BCUT2D eigenvalue weighted by molar-refractivity contribution is 5.96. The molecule has 0 atom stereocenters. The van der Waals surface area contributed by atoms with Gasteiger partial charge in [-0.2, -0.15) is 10.2 Å². The van der Waals surface area contributed by atoms with Gasteiger partial charge in [-0.15, -0.1) is 0 Å². The third-order valence-corrected chi connectivity index (χ3v) is 5.59. The van der Waals surface area contributed by atoms with Crippen LogP contribution in [0.3, 0.4) is 0 Å². The van der Waals surface area contributed by atoms with Crippen molar-refractivity contribution < 1.29 is 39.5 Å². The number of phenolic OH excluding ortho intramolecular Hbond substituents is 2. The number of amides is 2. The highest BCUT2D eigenvalue weighted by Crippen LogP contribution is 2.28. The second-order valence-electron chi connectivity index (χ2n) is 9.07. The van der Waals surface area contributed by atoms with Gasteiger partial charge in [-0.25, -0.2) is 10.9 Å². The fraction of sp³-hybridized carbons (Fsp3) is 0.176. The van der Waals surface area contributed by atoms with Gasteiger partial charge in [-0.05, 0) is 86.6 Å². The van der Waals surface area contributed by atoms with Gasteiger partial charge in [-0.3, -0.25) is 9.59 Å². The molecule has 2 amide bonds. The van der Waals surface area contributed by atoms with Crippen molar-refractivity contribution in [1.82, 2.24) is 10.9 Å². The number of nitrogens with two attached hydrogens (primary N) is 2. The number of benzene rings is 4. The van der Waals surface area contributed by atoms with Crippen molar-refractivity contribution in [1.29, 1.82) is 0 Å². The molecule has 10 N–H and O–H groups in total. The van der Waals surface area contributed by atoms with E-state index in [0.717, 1.165) is 0 Å². The van der Waals surface area contributed by atoms with E-state index in [1.807, 2.05) is 0 Å². The van der Waals surface area contributed by atoms with Crippen LogP contribution in [-0.4, -0.2) is 72.1 Å². The lowest BCUT2D eigenvalue weighted by atomic mass is 10.2. The second kappa shape index (κ2) is 22.4. The smallest absolute Gasteiger partial charge is 0.271 e. The van der Waals surface area contributed by atoms with E-state index in [9.17, 15) is 19.8 Å². The van der Waals surface area contributed by atoms with Gasteiger partial charge < -0.3 is 41.4 Å². The van der Waals surface area contributed by atoms with Crippen molar-refractivity contribution in [2.45, 2.75) is 13.8 Å². The van der Waals surface area contributed by atoms with E-state index < -0.39 is 0 Å². The molecule has 14 heteroatoms. The third-order valence-electron chi connectivity index (χ3n) is 5.59. The van der Waals surface area contributed by atoms with Crippen molar-refractivity contribution >= 4 is 35.6 Å². The molecule has 4 aromatic rings. The van der Waals surface area contributed by atoms with Gasteiger partial charge >= 0.3 is 0 Å². The number of phenols is 2. The Morgan fingerprint density at radius 2 is 0.958 bits per heavy atom. The summed E-state index contributed by atoms with van der Waals surface area (Å²) in [6.45, 7) is 3.86. The second-order valence-corrected chi connectivity index (χ2v) is 9.07. The van der Waals surface area contributed by atoms with Crippen molar-refractivity contribution in [3.05, 3.63) is 107 Å². The third kappa shape index (κ3) is 13.9. The summed E-state index contributed by atoms with van der Waals surface area (Å²) in [6, 6.07) is 22.9. The summed E-state index contributed by atoms with van der Waals surface area (Å²) in [6.07, 6.45) is 2.68. The molecule has 0 unspecified atom stereocenters. The van der Waals surface area contributed by atoms with E-state index in [-0.39, 0.29) is 36.5 Å². The molecule has 0 aromatic heterocycles. The monoisotopic (exact) mass is 662 g/mol. The van der Waals surface area contributed by atoms with Gasteiger partial charge in [0.25, 0.3) is 11.8 Å². The fourth-order valence-electron chi connectivity index (χ4n) is 3.34. The lowest BCUT2D eigenvalue weighted by Gasteiger charge is -2.05. The Balaban J connectivity index is 0.000000412. The zero-order valence-electron chi connectivity index (χ0n) is 27.1. The zero-order valence-corrected chi connectivity index (χ0v) is 27.1. The Labute approximate surface area is 279 Å². The van der Waals surface area contributed by atoms with Crippen molar-refractivity contribution in [2.24, 2.45) is 10.2 Å². The quantitative estimate of drug-likeness (QED) is 0.0777. The summed E-state index contributed by atoms with van der Waals surface area (Å²) >= 11 is 0. The van der Waals surface area contributed by atoms with Crippen LogP contribution in [0.25, 0.3) is 0 Å². The highest BCUT2D eigenvalue weighted by Gasteiger charge is 2.07. The van der Waals surface area contributed by atoms with Crippen LogP contribution in [0.15, 0.2) is 95.1 Å². The number of hydrogen-bond acceptors (Lipinski definition) is 12. The minimum atomic E-state index is -0.367. The molecule has 0 aliphatic heterocycles. The molecule has 14 nitrogen and oxygen atoms in total. The summed E-state index contributed by atoms with van der Waals surface area (Å²) in [5.74, 6) is -0.133. The van der Waals surface area contributed by atoms with E-state index in [2.05, 4.69) is 21.1 Å². The number of nitrogens with zero attached hydrogens (tertiary/aromatic N) is 2. The van der Waals surface area contributed by atoms with E-state index in [1.165, 1.54) is 26.6 Å². The van der Waals surface area contributed by atoms with Gasteiger partial charge in [-0.1, -0.05) is 12.1 Å². The van der Waals surface area contributed by atoms with Crippen molar-refractivity contribution in [2.75, 3.05) is 38.9 Å². The average Bonchev–Trinajstić information content (AvgIpc) is 3.08. The molecule has 0 aliphatic rings. The summed E-state index contributed by atoms with van der Waals surface area (Å²) < 4.78 is 9.97. The standard InChI is InChI=1S/2C15H15N3O3.2C2H6O/c2*1-21-13-4-2-3-11(14(13)19)9-17-18-15(20)10-5-7-12(16)8-6-10;2*1-2-3/h2*2-9,19H,16H2,1H3,(H,18,20);2*3H,2H2,1H3/b2*17-9+;;. The number of aliphatic hydroxyl groups is 2. The van der Waals surface area contributed by atoms with E-state index in [1.54, 1.807) is 98.8 Å². The number of anilines is 2. The Kier molecular flexibility index (Phi) is 18.6. The Hall–Kier alpha value is -6.12. The number of aliphatic hydroxyl groups excluding tert-OH is 2. The molecule has 0 spiro atoms. The van der Waals surface area contributed by atoms with Crippen LogP contribution in [0.2, 0.25) is 0 Å². The molecular weight excluding hydrogens is 620 g/mol. The van der Waals surface area contributed by atoms with Crippen molar-refractivity contribution in [3.8, 4) is 23.0 Å². The van der Waals surface area contributed by atoms with Crippen LogP contribution in [0, 0.1) is 0 Å². The minimum absolute atomic E-state index is 0.0366. The molecule has 0 fully saturated rings. The number of carbonyl (C=O) groups excluding carboxylic acids is 2. The highest BCUT2D eigenvalue weighted by atomic mass is 16.5. The summed E-state index contributed by atoms with van der Waals surface area (Å²) in [5.41, 5.74) is 18.7. The van der Waals surface area contributed by atoms with E-state index in [0.29, 0.717) is 45.1 Å². The Morgan fingerprint density at radius 1 is 0.646 bits per heavy atom. The maximum absolute atomic E-state index is 11.8. The number of carbonyl (C=O) groups is 2. The van der Waals surface area contributed by atoms with Gasteiger partial charge in [0.15, 0.2) is 23.0 Å². The Bertz CT molecular complexity index is 1490. The normalized spacial score (nSPS) is 9.96. The number of hydrogen-bond donors (Lipinski definition) is 8. The number of nitrogens with one attached hydrogen (secondary N) is 2. The molecule has 0 saturated heterocycles. The number of hydrazone groups is 2. The number of methoxy groups -OCH3 is 2. The number of ether oxygens (including phenoxy) is 2. The predicted octanol–water partition coefficient (Wildman–Crippen LogP) is 3.49. The van der Waals surface area contributed by atoms with Crippen molar-refractivity contribution in [3.63, 3.8) is 0 Å². The molecule has 48 heavy (non-hydrogen) atoms. The molecule has 0 bridgehead atoms. The lowest BCUT2D eigenvalue weighted by molar-refractivity contribution is 0.0947. The SMILES string of the molecule is CCO.CCO.COc1cccc(/C=N/NC(=O)c2ccc(N)cc2)c1O.COc1cccc(/C=N/NC(=O)c2ccc(N)cc2)c1O. The lowest BCUT2D eigenvalue weighted by Crippen LogP contribution is -2.17. The molecule has 4 aromatic carbocycles. The summed E-state index contributed by atoms with van der Waals surface area (Å²) in [7, 11) is 2.91. The van der Waals surface area contributed by atoms with Crippen LogP contribution in [0.4, 0.5) is 11.4 Å². The fourth-order valence-corrected chi connectivity index (χ4v) is 3.34. The first kappa shape index (κ1) is 39.9. The maximum Gasteiger partial charge on any atom is 0.271 e. The zero-order chi connectivity index (χ0) is 35.9. The van der Waals surface area contributed by atoms with Gasteiger partial charge in [0.1, 0.15) is 0 Å². The van der Waals surface area contributed by atoms with Crippen LogP contribution in [-0.2, 0) is 0 Å². The minimum Gasteiger partial charge on any atom is -0.504 e. The first-order chi connectivity index (χ1) is 23.1. The van der Waals surface area contributed by atoms with E-state index >= 15 is 0 Å². The predicted molar refractivity (Wildman–Crippen MR) is 187 cm³/mol. The van der Waals surface area contributed by atoms with Gasteiger partial charge in [0.2, 0.25) is 0 Å². The molecule has 0 saturated carbocycles. The van der Waals surface area contributed by atoms with Crippen LogP contribution in [0.1, 0.15) is 45.7 Å². The summed E-state index contributed by atoms with van der Waals surface area (Å²) in [5, 5.41) is 42.5. The molecule has 4 rings (SSSR count). The topological polar surface area (TPSA) is 234 Å². The largest absolute Gasteiger partial charge is 0.504 e. The molecule has 0 radical (unpaired) electrons.